The number of carbonyl (C=O) groups excluding carboxylic acids is 2. The zero-order valence-electron chi connectivity index (χ0n) is 26.9. The van der Waals surface area contributed by atoms with Crippen LogP contribution < -0.4 is 0 Å². The first-order valence-corrected chi connectivity index (χ1v) is 16.5. The van der Waals surface area contributed by atoms with Crippen LogP contribution >= 0.6 is 0 Å². The van der Waals surface area contributed by atoms with Crippen LogP contribution in [-0.2, 0) is 47.5 Å². The molecule has 0 saturated heterocycles. The van der Waals surface area contributed by atoms with Gasteiger partial charge in [0.1, 0.15) is 13.2 Å². The van der Waals surface area contributed by atoms with Gasteiger partial charge in [-0.25, -0.2) is 0 Å². The van der Waals surface area contributed by atoms with E-state index in [-0.39, 0.29) is 25.2 Å². The lowest BCUT2D eigenvalue weighted by atomic mass is 10.1. The number of hydrogen-bond acceptors (Lipinski definition) is 10. The van der Waals surface area contributed by atoms with E-state index in [0.717, 1.165) is 25.7 Å². The van der Waals surface area contributed by atoms with Crippen LogP contribution in [0.5, 0.6) is 0 Å². The first-order valence-electron chi connectivity index (χ1n) is 16.5. The van der Waals surface area contributed by atoms with Gasteiger partial charge in [-0.1, -0.05) is 78.1 Å². The zero-order valence-corrected chi connectivity index (χ0v) is 26.9. The van der Waals surface area contributed by atoms with Gasteiger partial charge >= 0.3 is 11.9 Å². The molecule has 10 nitrogen and oxygen atoms in total. The van der Waals surface area contributed by atoms with Crippen LogP contribution in [0.2, 0.25) is 0 Å². The number of unbranched alkanes of at least 4 members (excludes halogenated alkanes) is 10. The Morgan fingerprint density at radius 2 is 0.571 bits per heavy atom. The average molecular weight is 607 g/mol. The molecule has 42 heavy (non-hydrogen) atoms. The Labute approximate surface area is 255 Å². The lowest BCUT2D eigenvalue weighted by Gasteiger charge is -2.09. The first-order chi connectivity index (χ1) is 20.7. The van der Waals surface area contributed by atoms with Gasteiger partial charge in [-0.15, -0.1) is 0 Å². The molecular formula is C32H62O10. The van der Waals surface area contributed by atoms with Gasteiger partial charge in [-0.2, -0.15) is 0 Å². The predicted molar refractivity (Wildman–Crippen MR) is 163 cm³/mol. The Balaban J connectivity index is 3.15. The molecule has 250 valence electrons. The van der Waals surface area contributed by atoms with Crippen LogP contribution in [0.4, 0.5) is 0 Å². The summed E-state index contributed by atoms with van der Waals surface area (Å²) >= 11 is 0. The average Bonchev–Trinajstić information content (AvgIpc) is 2.99. The van der Waals surface area contributed by atoms with E-state index in [1.165, 1.54) is 51.4 Å². The largest absolute Gasteiger partial charge is 0.463 e. The number of esters is 2. The summed E-state index contributed by atoms with van der Waals surface area (Å²) in [7, 11) is 0. The number of rotatable bonds is 35. The van der Waals surface area contributed by atoms with Gasteiger partial charge in [0.05, 0.1) is 79.3 Å². The summed E-state index contributed by atoms with van der Waals surface area (Å²) < 4.78 is 43.0. The van der Waals surface area contributed by atoms with Gasteiger partial charge in [0, 0.05) is 12.8 Å². The second kappa shape index (κ2) is 35.9. The molecule has 0 atom stereocenters. The summed E-state index contributed by atoms with van der Waals surface area (Å²) in [5, 5.41) is 0. The molecule has 0 fully saturated rings. The molecule has 0 radical (unpaired) electrons. The number of hydrogen-bond donors (Lipinski definition) is 0. The molecule has 0 unspecified atom stereocenters. The summed E-state index contributed by atoms with van der Waals surface area (Å²) in [5.74, 6) is -0.287. The fourth-order valence-electron chi connectivity index (χ4n) is 3.87. The fraction of sp³-hybridized carbons (Fsp3) is 0.938. The molecule has 0 spiro atoms. The molecule has 0 saturated carbocycles. The summed E-state index contributed by atoms with van der Waals surface area (Å²) in [4.78, 5) is 23.3. The molecule has 0 amide bonds. The molecule has 0 aromatic heterocycles. The van der Waals surface area contributed by atoms with Crippen LogP contribution in [0.3, 0.4) is 0 Å². The van der Waals surface area contributed by atoms with E-state index in [4.69, 9.17) is 37.9 Å². The van der Waals surface area contributed by atoms with Crippen LogP contribution in [0, 0.1) is 0 Å². The fourth-order valence-corrected chi connectivity index (χ4v) is 3.87. The summed E-state index contributed by atoms with van der Waals surface area (Å²) in [6, 6.07) is 0. The molecule has 10 heteroatoms. The third-order valence-corrected chi connectivity index (χ3v) is 6.31. The second-order valence-electron chi connectivity index (χ2n) is 10.2. The third-order valence-electron chi connectivity index (χ3n) is 6.31. The van der Waals surface area contributed by atoms with Crippen molar-refractivity contribution in [1.29, 1.82) is 0 Å². The highest BCUT2D eigenvalue weighted by Gasteiger charge is 2.03. The van der Waals surface area contributed by atoms with Gasteiger partial charge in [0.2, 0.25) is 0 Å². The van der Waals surface area contributed by atoms with E-state index < -0.39 is 0 Å². The Kier molecular flexibility index (Phi) is 34.8. The van der Waals surface area contributed by atoms with E-state index >= 15 is 0 Å². The highest BCUT2D eigenvalue weighted by atomic mass is 16.6. The smallest absolute Gasteiger partial charge is 0.305 e. The molecule has 0 N–H and O–H groups in total. The van der Waals surface area contributed by atoms with Crippen molar-refractivity contribution in [2.75, 3.05) is 92.5 Å². The maximum Gasteiger partial charge on any atom is 0.305 e. The summed E-state index contributed by atoms with van der Waals surface area (Å²) in [5.41, 5.74) is 0. The van der Waals surface area contributed by atoms with Crippen LogP contribution in [0.1, 0.15) is 104 Å². The van der Waals surface area contributed by atoms with Gasteiger partial charge < -0.3 is 37.9 Å². The lowest BCUT2D eigenvalue weighted by molar-refractivity contribution is -0.146. The van der Waals surface area contributed by atoms with Crippen molar-refractivity contribution in [2.45, 2.75) is 104 Å². The first kappa shape index (κ1) is 40.7. The van der Waals surface area contributed by atoms with Crippen LogP contribution in [0.25, 0.3) is 0 Å². The second-order valence-corrected chi connectivity index (χ2v) is 10.2. The number of carbonyl (C=O) groups is 2. The molecular weight excluding hydrogens is 544 g/mol. The lowest BCUT2D eigenvalue weighted by Crippen LogP contribution is -2.15. The zero-order chi connectivity index (χ0) is 30.6. The van der Waals surface area contributed by atoms with Crippen molar-refractivity contribution in [3.8, 4) is 0 Å². The van der Waals surface area contributed by atoms with Crippen molar-refractivity contribution in [2.24, 2.45) is 0 Å². The van der Waals surface area contributed by atoms with Crippen molar-refractivity contribution in [3.63, 3.8) is 0 Å². The van der Waals surface area contributed by atoms with Crippen LogP contribution in [-0.4, -0.2) is 104 Å². The van der Waals surface area contributed by atoms with Crippen molar-refractivity contribution >= 4 is 11.9 Å². The Morgan fingerprint density at radius 1 is 0.333 bits per heavy atom. The van der Waals surface area contributed by atoms with E-state index in [0.29, 0.717) is 92.1 Å². The molecule has 0 heterocycles. The van der Waals surface area contributed by atoms with Crippen LogP contribution in [0.15, 0.2) is 0 Å². The van der Waals surface area contributed by atoms with Gasteiger partial charge in [0.25, 0.3) is 0 Å². The quantitative estimate of drug-likeness (QED) is 0.0661. The Morgan fingerprint density at radius 3 is 0.857 bits per heavy atom. The maximum absolute atomic E-state index is 11.6. The molecule has 0 aliphatic rings. The van der Waals surface area contributed by atoms with Gasteiger partial charge in [-0.3, -0.25) is 9.59 Å². The van der Waals surface area contributed by atoms with Gasteiger partial charge in [0.15, 0.2) is 0 Å². The topological polar surface area (TPSA) is 108 Å². The SMILES string of the molecule is CCCCCCCCC(=O)OCCOCCOCCOCCOCCOCCOCCOC(=O)CCCCCCCC. The molecule has 0 aromatic rings. The number of ether oxygens (including phenoxy) is 8. The summed E-state index contributed by atoms with van der Waals surface area (Å²) in [6.45, 7) is 10.5. The maximum atomic E-state index is 11.6. The third kappa shape index (κ3) is 34.9. The van der Waals surface area contributed by atoms with E-state index in [9.17, 15) is 9.59 Å². The van der Waals surface area contributed by atoms with E-state index in [1.807, 2.05) is 0 Å². The molecule has 0 bridgehead atoms. The minimum absolute atomic E-state index is 0.144. The summed E-state index contributed by atoms with van der Waals surface area (Å²) in [6.07, 6.45) is 14.9. The minimum atomic E-state index is -0.144. The predicted octanol–water partition coefficient (Wildman–Crippen LogP) is 5.67. The molecule has 0 aliphatic carbocycles. The van der Waals surface area contributed by atoms with Crippen molar-refractivity contribution in [3.05, 3.63) is 0 Å². The molecule has 0 rings (SSSR count). The van der Waals surface area contributed by atoms with E-state index in [2.05, 4.69) is 13.8 Å². The standard InChI is InChI=1S/C32H62O10/c1-3-5-7-9-11-13-15-31(33)41-29-27-39-25-23-37-21-19-35-17-18-36-20-22-38-24-26-40-28-30-42-32(34)16-14-12-10-8-6-4-2/h3-30H2,1-2H3. The highest BCUT2D eigenvalue weighted by Crippen LogP contribution is 2.08. The molecule has 0 aromatic carbocycles. The van der Waals surface area contributed by atoms with Crippen molar-refractivity contribution < 1.29 is 47.5 Å². The van der Waals surface area contributed by atoms with Crippen molar-refractivity contribution in [1.82, 2.24) is 0 Å². The Bertz CT molecular complexity index is 513. The minimum Gasteiger partial charge on any atom is -0.463 e. The van der Waals surface area contributed by atoms with Gasteiger partial charge in [-0.05, 0) is 12.8 Å². The Hall–Kier alpha value is -1.30. The molecule has 0 aliphatic heterocycles. The normalized spacial score (nSPS) is 11.2. The van der Waals surface area contributed by atoms with E-state index in [1.54, 1.807) is 0 Å². The highest BCUT2D eigenvalue weighted by molar-refractivity contribution is 5.69. The monoisotopic (exact) mass is 606 g/mol.